The SMILES string of the molecule is c1ccc(-c2ccc(N(c3cccc(-c4ccc5c(c4)-c4ccccc4C54c5ccccc5Oc5ccccc54)c3)c3ccc4c(c3)C3(c5ccccc5Oc5ccccc53)c3ccccc3-4)cc2)cc1. The lowest BCUT2D eigenvalue weighted by Crippen LogP contribution is -2.32. The number of rotatable bonds is 5. The van der Waals surface area contributed by atoms with Crippen LogP contribution in [0.3, 0.4) is 0 Å². The zero-order valence-electron chi connectivity index (χ0n) is 38.6. The van der Waals surface area contributed by atoms with Gasteiger partial charge in [-0.1, -0.05) is 194 Å². The maximum atomic E-state index is 6.71. The largest absolute Gasteiger partial charge is 0.457 e. The second kappa shape index (κ2) is 15.2. The molecule has 0 unspecified atom stereocenters. The van der Waals surface area contributed by atoms with Gasteiger partial charge in [0.15, 0.2) is 0 Å². The molecule has 2 aliphatic carbocycles. The van der Waals surface area contributed by atoms with Crippen LogP contribution in [0, 0.1) is 0 Å². The third-order valence-corrected chi connectivity index (χ3v) is 15.6. The summed E-state index contributed by atoms with van der Waals surface area (Å²) >= 11 is 0. The molecule has 11 aromatic rings. The molecule has 11 aromatic carbocycles. The van der Waals surface area contributed by atoms with Crippen LogP contribution in [-0.2, 0) is 10.8 Å². The van der Waals surface area contributed by atoms with E-state index < -0.39 is 10.8 Å². The highest BCUT2D eigenvalue weighted by molar-refractivity contribution is 5.94. The monoisotopic (exact) mass is 905 g/mol. The molecule has 0 N–H and O–H groups in total. The molecule has 0 saturated heterocycles. The van der Waals surface area contributed by atoms with E-state index in [0.717, 1.165) is 62.3 Å². The Kier molecular flexibility index (Phi) is 8.49. The van der Waals surface area contributed by atoms with Crippen molar-refractivity contribution in [2.45, 2.75) is 10.8 Å². The van der Waals surface area contributed by atoms with Crippen LogP contribution in [0.25, 0.3) is 44.5 Å². The Labute approximate surface area is 413 Å². The summed E-state index contributed by atoms with van der Waals surface area (Å²) < 4.78 is 13.3. The first kappa shape index (κ1) is 39.8. The molecule has 0 atom stereocenters. The summed E-state index contributed by atoms with van der Waals surface area (Å²) in [5, 5.41) is 0. The minimum atomic E-state index is -0.596. The predicted molar refractivity (Wildman–Crippen MR) is 287 cm³/mol. The molecule has 0 radical (unpaired) electrons. The fourth-order valence-corrected chi connectivity index (χ4v) is 12.7. The van der Waals surface area contributed by atoms with Gasteiger partial charge in [0.1, 0.15) is 23.0 Å². The molecule has 0 fully saturated rings. The quantitative estimate of drug-likeness (QED) is 0.172. The molecule has 71 heavy (non-hydrogen) atoms. The Morgan fingerprint density at radius 3 is 1.21 bits per heavy atom. The van der Waals surface area contributed by atoms with Crippen molar-refractivity contribution in [3.8, 4) is 67.5 Å². The Morgan fingerprint density at radius 2 is 0.620 bits per heavy atom. The lowest BCUT2D eigenvalue weighted by atomic mass is 9.66. The number of hydrogen-bond donors (Lipinski definition) is 0. The molecule has 2 spiro atoms. The van der Waals surface area contributed by atoms with Gasteiger partial charge in [0, 0.05) is 39.3 Å². The highest BCUT2D eigenvalue weighted by Gasteiger charge is 2.52. The second-order valence-corrected chi connectivity index (χ2v) is 19.1. The van der Waals surface area contributed by atoms with E-state index in [4.69, 9.17) is 9.47 Å². The fourth-order valence-electron chi connectivity index (χ4n) is 12.7. The molecule has 4 aliphatic rings. The Bertz CT molecular complexity index is 3870. The van der Waals surface area contributed by atoms with Gasteiger partial charge in [-0.15, -0.1) is 0 Å². The summed E-state index contributed by atoms with van der Waals surface area (Å²) in [7, 11) is 0. The zero-order chi connectivity index (χ0) is 46.7. The van der Waals surface area contributed by atoms with Crippen molar-refractivity contribution in [1.82, 2.24) is 0 Å². The van der Waals surface area contributed by atoms with Crippen molar-refractivity contribution >= 4 is 17.1 Å². The van der Waals surface area contributed by atoms with Crippen molar-refractivity contribution in [2.24, 2.45) is 0 Å². The number of ether oxygens (including phenoxy) is 2. The number of nitrogens with zero attached hydrogens (tertiary/aromatic N) is 1. The Balaban J connectivity index is 0.920. The summed E-state index contributed by atoms with van der Waals surface area (Å²) in [6.07, 6.45) is 0. The van der Waals surface area contributed by atoms with Gasteiger partial charge in [-0.25, -0.2) is 0 Å². The molecule has 0 aromatic heterocycles. The van der Waals surface area contributed by atoms with Crippen LogP contribution < -0.4 is 14.4 Å². The maximum absolute atomic E-state index is 6.71. The maximum Gasteiger partial charge on any atom is 0.132 e. The topological polar surface area (TPSA) is 21.7 Å². The highest BCUT2D eigenvalue weighted by atomic mass is 16.5. The molecule has 2 heterocycles. The van der Waals surface area contributed by atoms with E-state index in [0.29, 0.717) is 0 Å². The average Bonchev–Trinajstić information content (AvgIpc) is 3.89. The molecule has 332 valence electrons. The van der Waals surface area contributed by atoms with E-state index in [2.05, 4.69) is 266 Å². The third kappa shape index (κ3) is 5.54. The molecule has 0 amide bonds. The normalized spacial score (nSPS) is 14.1. The lowest BCUT2D eigenvalue weighted by Gasteiger charge is -2.39. The van der Waals surface area contributed by atoms with Crippen molar-refractivity contribution < 1.29 is 9.47 Å². The van der Waals surface area contributed by atoms with Gasteiger partial charge in [0.2, 0.25) is 0 Å². The average molecular weight is 906 g/mol. The van der Waals surface area contributed by atoms with Gasteiger partial charge in [0.05, 0.1) is 10.8 Å². The minimum Gasteiger partial charge on any atom is -0.457 e. The van der Waals surface area contributed by atoms with E-state index in [-0.39, 0.29) is 0 Å². The van der Waals surface area contributed by atoms with E-state index >= 15 is 0 Å². The van der Waals surface area contributed by atoms with Crippen LogP contribution in [-0.4, -0.2) is 0 Å². The van der Waals surface area contributed by atoms with Gasteiger partial charge in [-0.3, -0.25) is 0 Å². The van der Waals surface area contributed by atoms with Crippen molar-refractivity contribution in [3.05, 3.63) is 305 Å². The zero-order valence-corrected chi connectivity index (χ0v) is 38.6. The van der Waals surface area contributed by atoms with E-state index in [1.165, 1.54) is 66.8 Å². The summed E-state index contributed by atoms with van der Waals surface area (Å²) in [4.78, 5) is 2.43. The molecule has 15 rings (SSSR count). The van der Waals surface area contributed by atoms with Crippen LogP contribution >= 0.6 is 0 Å². The van der Waals surface area contributed by atoms with E-state index in [1.54, 1.807) is 0 Å². The highest BCUT2D eigenvalue weighted by Crippen LogP contribution is 2.64. The molecule has 0 saturated carbocycles. The Hall–Kier alpha value is -9.18. The van der Waals surface area contributed by atoms with E-state index in [9.17, 15) is 0 Å². The van der Waals surface area contributed by atoms with Gasteiger partial charge in [-0.05, 0) is 133 Å². The third-order valence-electron chi connectivity index (χ3n) is 15.6. The number of fused-ring (bicyclic) bond motifs is 18. The molecule has 3 nitrogen and oxygen atoms in total. The first-order chi connectivity index (χ1) is 35.2. The van der Waals surface area contributed by atoms with Gasteiger partial charge >= 0.3 is 0 Å². The fraction of sp³-hybridized carbons (Fsp3) is 0.0294. The van der Waals surface area contributed by atoms with Crippen molar-refractivity contribution in [1.29, 1.82) is 0 Å². The van der Waals surface area contributed by atoms with Crippen LogP contribution in [0.2, 0.25) is 0 Å². The van der Waals surface area contributed by atoms with Gasteiger partial charge < -0.3 is 14.4 Å². The van der Waals surface area contributed by atoms with Gasteiger partial charge in [0.25, 0.3) is 0 Å². The number of benzene rings is 11. The van der Waals surface area contributed by atoms with E-state index in [1.807, 2.05) is 0 Å². The Morgan fingerprint density at radius 1 is 0.225 bits per heavy atom. The van der Waals surface area contributed by atoms with Crippen LogP contribution in [0.15, 0.2) is 261 Å². The standard InChI is InChI=1S/C68H43NO2/c1-2-17-44(18-3-1)45-33-36-48(37-34-45)69(50-38-39-53-51-21-4-6-23-55(51)68(62(53)43-50)60-27-10-14-31-65(60)71-66-32-15-11-28-61(66)68)49-20-16-19-46(41-49)47-35-40-57-54(42-47)52-22-5-7-24-56(52)67(57)58-25-8-12-29-63(58)70-64-30-13-9-26-59(64)67/h1-43H. The summed E-state index contributed by atoms with van der Waals surface area (Å²) in [6, 6.07) is 95.1. The van der Waals surface area contributed by atoms with Gasteiger partial charge in [-0.2, -0.15) is 0 Å². The molecule has 0 bridgehead atoms. The molecule has 2 aliphatic heterocycles. The first-order valence-corrected chi connectivity index (χ1v) is 24.5. The summed E-state index contributed by atoms with van der Waals surface area (Å²) in [5.41, 5.74) is 21.4. The van der Waals surface area contributed by atoms with Crippen LogP contribution in [0.5, 0.6) is 23.0 Å². The molecular weight excluding hydrogens is 863 g/mol. The van der Waals surface area contributed by atoms with Crippen LogP contribution in [0.1, 0.15) is 44.5 Å². The molecular formula is C68H43NO2. The first-order valence-electron chi connectivity index (χ1n) is 24.5. The van der Waals surface area contributed by atoms with Crippen LogP contribution in [0.4, 0.5) is 17.1 Å². The second-order valence-electron chi connectivity index (χ2n) is 19.1. The van der Waals surface area contributed by atoms with Crippen molar-refractivity contribution in [2.75, 3.05) is 4.90 Å². The molecule has 3 heteroatoms. The smallest absolute Gasteiger partial charge is 0.132 e. The van der Waals surface area contributed by atoms with Crippen molar-refractivity contribution in [3.63, 3.8) is 0 Å². The number of anilines is 3. The predicted octanol–water partition coefficient (Wildman–Crippen LogP) is 17.4. The number of para-hydroxylation sites is 4. The summed E-state index contributed by atoms with van der Waals surface area (Å²) in [6.45, 7) is 0. The lowest BCUT2D eigenvalue weighted by molar-refractivity contribution is 0.436. The summed E-state index contributed by atoms with van der Waals surface area (Å²) in [5.74, 6) is 3.56. The number of hydrogen-bond acceptors (Lipinski definition) is 3. The minimum absolute atomic E-state index is 0.517.